The molecule has 0 saturated heterocycles. The molecule has 2 fully saturated rings. The van der Waals surface area contributed by atoms with E-state index in [1.54, 1.807) is 5.57 Å². The average Bonchev–Trinajstić information content (AvgIpc) is 2.60. The molecule has 0 aromatic rings. The second-order valence-corrected chi connectivity index (χ2v) is 3.95. The van der Waals surface area contributed by atoms with Gasteiger partial charge in [-0.25, -0.2) is 0 Å². The third-order valence-electron chi connectivity index (χ3n) is 3.40. The van der Waals surface area contributed by atoms with Crippen molar-refractivity contribution >= 4 is 0 Å². The highest BCUT2D eigenvalue weighted by molar-refractivity contribution is 5.17. The molecule has 1 unspecified atom stereocenters. The van der Waals surface area contributed by atoms with Gasteiger partial charge in [0.25, 0.3) is 0 Å². The summed E-state index contributed by atoms with van der Waals surface area (Å²) in [5.74, 6) is 2.25. The van der Waals surface area contributed by atoms with Crippen LogP contribution in [-0.4, -0.2) is 11.7 Å². The lowest BCUT2D eigenvalue weighted by atomic mass is 9.85. The van der Waals surface area contributed by atoms with Gasteiger partial charge in [0.05, 0.1) is 0 Å². The molecule has 2 saturated carbocycles. The van der Waals surface area contributed by atoms with Crippen molar-refractivity contribution in [2.75, 3.05) is 6.61 Å². The molecule has 0 aromatic carbocycles. The molecule has 2 aliphatic rings. The Labute approximate surface area is 68.1 Å². The van der Waals surface area contributed by atoms with Crippen LogP contribution in [0.2, 0.25) is 0 Å². The Morgan fingerprint density at radius 3 is 2.91 bits per heavy atom. The first-order valence-corrected chi connectivity index (χ1v) is 4.61. The summed E-state index contributed by atoms with van der Waals surface area (Å²) in [4.78, 5) is 0. The molecule has 2 rings (SSSR count). The third-order valence-corrected chi connectivity index (χ3v) is 3.40. The van der Waals surface area contributed by atoms with Crippen LogP contribution in [0.3, 0.4) is 0 Å². The van der Waals surface area contributed by atoms with Gasteiger partial charge in [0.15, 0.2) is 0 Å². The summed E-state index contributed by atoms with van der Waals surface area (Å²) in [5, 5.41) is 9.07. The molecule has 2 bridgehead atoms. The lowest BCUT2D eigenvalue weighted by molar-refractivity contribution is 0.196. The average molecular weight is 152 g/mol. The molecule has 11 heavy (non-hydrogen) atoms. The Balaban J connectivity index is 2.14. The first kappa shape index (κ1) is 7.35. The second-order valence-electron chi connectivity index (χ2n) is 3.95. The van der Waals surface area contributed by atoms with Crippen molar-refractivity contribution in [3.63, 3.8) is 0 Å². The van der Waals surface area contributed by atoms with E-state index in [-0.39, 0.29) is 0 Å². The van der Waals surface area contributed by atoms with Crippen molar-refractivity contribution in [1.29, 1.82) is 0 Å². The van der Waals surface area contributed by atoms with Gasteiger partial charge in [-0.1, -0.05) is 11.6 Å². The predicted octanol–water partition coefficient (Wildman–Crippen LogP) is 1.97. The Morgan fingerprint density at radius 1 is 1.55 bits per heavy atom. The van der Waals surface area contributed by atoms with E-state index in [0.29, 0.717) is 12.5 Å². The fourth-order valence-electron chi connectivity index (χ4n) is 2.88. The Morgan fingerprint density at radius 2 is 2.36 bits per heavy atom. The van der Waals surface area contributed by atoms with Gasteiger partial charge < -0.3 is 5.11 Å². The number of aliphatic hydroxyl groups is 1. The molecule has 0 heterocycles. The molecular weight excluding hydrogens is 136 g/mol. The van der Waals surface area contributed by atoms with Gasteiger partial charge in [0.1, 0.15) is 0 Å². The normalized spacial score (nSPS) is 45.6. The Hall–Kier alpha value is -0.300. The van der Waals surface area contributed by atoms with Crippen LogP contribution in [0.25, 0.3) is 0 Å². The van der Waals surface area contributed by atoms with Crippen LogP contribution in [0.4, 0.5) is 0 Å². The highest BCUT2D eigenvalue weighted by Gasteiger charge is 2.41. The quantitative estimate of drug-likeness (QED) is 0.569. The number of hydrogen-bond donors (Lipinski definition) is 1. The molecule has 0 spiro atoms. The van der Waals surface area contributed by atoms with E-state index in [1.165, 1.54) is 19.3 Å². The summed E-state index contributed by atoms with van der Waals surface area (Å²) in [6.45, 7) is 2.53. The summed E-state index contributed by atoms with van der Waals surface area (Å²) >= 11 is 0. The summed E-state index contributed by atoms with van der Waals surface area (Å²) in [6.07, 6.45) is 6.20. The van der Waals surface area contributed by atoms with Crippen molar-refractivity contribution in [2.24, 2.45) is 17.8 Å². The van der Waals surface area contributed by atoms with E-state index >= 15 is 0 Å². The number of allylic oxidation sites excluding steroid dienone is 2. The van der Waals surface area contributed by atoms with Crippen LogP contribution in [0.5, 0.6) is 0 Å². The molecule has 1 nitrogen and oxygen atoms in total. The Kier molecular flexibility index (Phi) is 1.76. The maximum atomic E-state index is 9.07. The number of fused-ring (bicyclic) bond motifs is 2. The molecule has 0 amide bonds. The summed E-state index contributed by atoms with van der Waals surface area (Å²) in [5.41, 5.74) is 1.61. The minimum atomic E-state index is 0.401. The molecular formula is C10H16O. The molecule has 0 aliphatic heterocycles. The standard InChI is InChI=1S/C10H16O/c1-2-8-3-7-4-9(6-11)10(8)5-7/h2,7,9-11H,3-6H2,1H3/b8-2+/t7-,9?,10+/m0/s1. The van der Waals surface area contributed by atoms with Crippen LogP contribution >= 0.6 is 0 Å². The molecule has 3 atom stereocenters. The fourth-order valence-corrected chi connectivity index (χ4v) is 2.88. The molecule has 0 aromatic heterocycles. The first-order valence-electron chi connectivity index (χ1n) is 4.61. The zero-order valence-corrected chi connectivity index (χ0v) is 7.09. The molecule has 1 N–H and O–H groups in total. The van der Waals surface area contributed by atoms with Gasteiger partial charge in [-0.2, -0.15) is 0 Å². The second kappa shape index (κ2) is 2.63. The maximum Gasteiger partial charge on any atom is 0.0465 e. The monoisotopic (exact) mass is 152 g/mol. The topological polar surface area (TPSA) is 20.2 Å². The van der Waals surface area contributed by atoms with Crippen molar-refractivity contribution < 1.29 is 5.11 Å². The smallest absolute Gasteiger partial charge is 0.0465 e. The van der Waals surface area contributed by atoms with Gasteiger partial charge in [0, 0.05) is 6.61 Å². The van der Waals surface area contributed by atoms with E-state index in [2.05, 4.69) is 13.0 Å². The molecule has 0 radical (unpaired) electrons. The lowest BCUT2D eigenvalue weighted by Crippen LogP contribution is -2.16. The van der Waals surface area contributed by atoms with E-state index < -0.39 is 0 Å². The minimum absolute atomic E-state index is 0.401. The largest absolute Gasteiger partial charge is 0.396 e. The van der Waals surface area contributed by atoms with E-state index in [4.69, 9.17) is 5.11 Å². The predicted molar refractivity (Wildman–Crippen MR) is 45.2 cm³/mol. The third kappa shape index (κ3) is 1.02. The van der Waals surface area contributed by atoms with E-state index in [9.17, 15) is 0 Å². The van der Waals surface area contributed by atoms with Gasteiger partial charge in [-0.05, 0) is 43.9 Å². The summed E-state index contributed by atoms with van der Waals surface area (Å²) in [6, 6.07) is 0. The van der Waals surface area contributed by atoms with Gasteiger partial charge in [-0.3, -0.25) is 0 Å². The number of hydrogen-bond acceptors (Lipinski definition) is 1. The fraction of sp³-hybridized carbons (Fsp3) is 0.800. The van der Waals surface area contributed by atoms with Gasteiger partial charge in [0.2, 0.25) is 0 Å². The van der Waals surface area contributed by atoms with Crippen molar-refractivity contribution in [1.82, 2.24) is 0 Å². The highest BCUT2D eigenvalue weighted by atomic mass is 16.3. The highest BCUT2D eigenvalue weighted by Crippen LogP contribution is 2.51. The van der Waals surface area contributed by atoms with Crippen LogP contribution in [-0.2, 0) is 0 Å². The van der Waals surface area contributed by atoms with Crippen LogP contribution in [0, 0.1) is 17.8 Å². The summed E-state index contributed by atoms with van der Waals surface area (Å²) < 4.78 is 0. The van der Waals surface area contributed by atoms with Crippen LogP contribution < -0.4 is 0 Å². The molecule has 1 heteroatoms. The number of rotatable bonds is 1. The van der Waals surface area contributed by atoms with Gasteiger partial charge >= 0.3 is 0 Å². The first-order chi connectivity index (χ1) is 5.35. The zero-order chi connectivity index (χ0) is 7.84. The van der Waals surface area contributed by atoms with Crippen molar-refractivity contribution in [2.45, 2.75) is 26.2 Å². The SMILES string of the molecule is C/C=C1\C[C@H]2CC(CO)[C@@H]1C2. The lowest BCUT2D eigenvalue weighted by Gasteiger charge is -2.21. The van der Waals surface area contributed by atoms with Crippen LogP contribution in [0.1, 0.15) is 26.2 Å². The molecule has 2 aliphatic carbocycles. The zero-order valence-electron chi connectivity index (χ0n) is 7.09. The number of aliphatic hydroxyl groups excluding tert-OH is 1. The Bertz CT molecular complexity index is 183. The maximum absolute atomic E-state index is 9.07. The minimum Gasteiger partial charge on any atom is -0.396 e. The summed E-state index contributed by atoms with van der Waals surface area (Å²) in [7, 11) is 0. The van der Waals surface area contributed by atoms with E-state index in [0.717, 1.165) is 11.8 Å². The van der Waals surface area contributed by atoms with Gasteiger partial charge in [-0.15, -0.1) is 0 Å². The van der Waals surface area contributed by atoms with E-state index in [1.807, 2.05) is 0 Å². The van der Waals surface area contributed by atoms with Crippen LogP contribution in [0.15, 0.2) is 11.6 Å². The van der Waals surface area contributed by atoms with Crippen molar-refractivity contribution in [3.05, 3.63) is 11.6 Å². The molecule has 62 valence electrons. The van der Waals surface area contributed by atoms with Crippen molar-refractivity contribution in [3.8, 4) is 0 Å².